The molecule has 1 aromatic rings. The first-order chi connectivity index (χ1) is 8.24. The first kappa shape index (κ1) is 12.7. The molecule has 0 atom stereocenters. The molecule has 1 aromatic heterocycles. The molecule has 1 aliphatic rings. The van der Waals surface area contributed by atoms with E-state index in [1.807, 2.05) is 18.0 Å². The molecule has 17 heavy (non-hydrogen) atoms. The molecule has 0 spiro atoms. The van der Waals surface area contributed by atoms with Gasteiger partial charge < -0.3 is 10.4 Å². The smallest absolute Gasteiger partial charge is 0.405 e. The van der Waals surface area contributed by atoms with E-state index >= 15 is 0 Å². The Labute approximate surface area is 109 Å². The Morgan fingerprint density at radius 1 is 1.53 bits per heavy atom. The van der Waals surface area contributed by atoms with Crippen molar-refractivity contribution in [3.8, 4) is 0 Å². The average Bonchev–Trinajstić information content (AvgIpc) is 2.75. The minimum atomic E-state index is -0.998. The number of aromatic nitrogens is 1. The summed E-state index contributed by atoms with van der Waals surface area (Å²) in [5.41, 5.74) is 0. The van der Waals surface area contributed by atoms with E-state index < -0.39 is 6.09 Å². The van der Waals surface area contributed by atoms with Crippen LogP contribution in [-0.4, -0.2) is 21.4 Å². The van der Waals surface area contributed by atoms with Gasteiger partial charge in [-0.1, -0.05) is 19.3 Å². The van der Waals surface area contributed by atoms with Crippen molar-refractivity contribution in [1.29, 1.82) is 0 Å². The number of hydrogen-bond donors (Lipinski definition) is 2. The van der Waals surface area contributed by atoms with Gasteiger partial charge >= 0.3 is 6.09 Å². The predicted octanol–water partition coefficient (Wildman–Crippen LogP) is 3.34. The SMILES string of the molecule is O=C(O)NCc1ncc(SC2CCCCC2)s1. The van der Waals surface area contributed by atoms with Gasteiger partial charge in [-0.3, -0.25) is 0 Å². The van der Waals surface area contributed by atoms with E-state index in [2.05, 4.69) is 10.3 Å². The highest BCUT2D eigenvalue weighted by Gasteiger charge is 2.16. The number of carbonyl (C=O) groups is 1. The van der Waals surface area contributed by atoms with Crippen molar-refractivity contribution in [2.24, 2.45) is 0 Å². The highest BCUT2D eigenvalue weighted by molar-refractivity contribution is 8.01. The Hall–Kier alpha value is -0.750. The number of carboxylic acid groups (broad SMARTS) is 1. The van der Waals surface area contributed by atoms with E-state index in [9.17, 15) is 4.79 Å². The van der Waals surface area contributed by atoms with Crippen LogP contribution in [0.4, 0.5) is 4.79 Å². The van der Waals surface area contributed by atoms with Crippen LogP contribution in [0.2, 0.25) is 0 Å². The maximum Gasteiger partial charge on any atom is 0.405 e. The van der Waals surface area contributed by atoms with E-state index in [4.69, 9.17) is 5.11 Å². The molecule has 0 aromatic carbocycles. The van der Waals surface area contributed by atoms with Gasteiger partial charge in [0.05, 0.1) is 17.0 Å². The van der Waals surface area contributed by atoms with Gasteiger partial charge in [-0.25, -0.2) is 9.78 Å². The fourth-order valence-electron chi connectivity index (χ4n) is 1.93. The maximum absolute atomic E-state index is 10.4. The lowest BCUT2D eigenvalue weighted by atomic mass is 10.0. The van der Waals surface area contributed by atoms with Crippen molar-refractivity contribution in [2.75, 3.05) is 0 Å². The van der Waals surface area contributed by atoms with Crippen LogP contribution in [0.15, 0.2) is 10.4 Å². The Balaban J connectivity index is 1.82. The second-order valence-corrected chi connectivity index (χ2v) is 6.83. The van der Waals surface area contributed by atoms with Crippen LogP contribution in [0, 0.1) is 0 Å². The highest BCUT2D eigenvalue weighted by atomic mass is 32.2. The number of nitrogens with one attached hydrogen (secondary N) is 1. The molecular formula is C11H16N2O2S2. The summed E-state index contributed by atoms with van der Waals surface area (Å²) in [6.45, 7) is 0.311. The summed E-state index contributed by atoms with van der Waals surface area (Å²) in [6, 6.07) is 0. The number of hydrogen-bond acceptors (Lipinski definition) is 4. The molecular weight excluding hydrogens is 256 g/mol. The molecule has 4 nitrogen and oxygen atoms in total. The van der Waals surface area contributed by atoms with Gasteiger partial charge in [0.25, 0.3) is 0 Å². The topological polar surface area (TPSA) is 62.2 Å². The second kappa shape index (κ2) is 6.26. The van der Waals surface area contributed by atoms with Crippen molar-refractivity contribution in [1.82, 2.24) is 10.3 Å². The Morgan fingerprint density at radius 2 is 2.29 bits per heavy atom. The lowest BCUT2D eigenvalue weighted by Gasteiger charge is -2.19. The molecule has 1 amide bonds. The van der Waals surface area contributed by atoms with Crippen LogP contribution >= 0.6 is 23.1 Å². The van der Waals surface area contributed by atoms with E-state index in [1.165, 1.54) is 36.3 Å². The van der Waals surface area contributed by atoms with E-state index in [0.29, 0.717) is 6.54 Å². The standard InChI is InChI=1S/C11H16N2O2S2/c14-11(15)13-6-9-12-7-10(17-9)16-8-4-2-1-3-5-8/h7-8,13H,1-6H2,(H,14,15). The third-order valence-electron chi connectivity index (χ3n) is 2.76. The summed E-state index contributed by atoms with van der Waals surface area (Å²) in [5, 5.41) is 12.4. The Kier molecular flexibility index (Phi) is 4.67. The largest absolute Gasteiger partial charge is 0.465 e. The second-order valence-electron chi connectivity index (χ2n) is 4.11. The summed E-state index contributed by atoms with van der Waals surface area (Å²) in [6.07, 6.45) is 7.50. The third kappa shape index (κ3) is 4.20. The van der Waals surface area contributed by atoms with Gasteiger partial charge in [-0.15, -0.1) is 23.1 Å². The fourth-order valence-corrected chi connectivity index (χ4v) is 4.42. The first-order valence-corrected chi connectivity index (χ1v) is 7.52. The van der Waals surface area contributed by atoms with Gasteiger partial charge in [-0.2, -0.15) is 0 Å². The Bertz CT molecular complexity index is 375. The predicted molar refractivity (Wildman–Crippen MR) is 69.7 cm³/mol. The zero-order valence-electron chi connectivity index (χ0n) is 9.52. The van der Waals surface area contributed by atoms with Gasteiger partial charge in [0, 0.05) is 5.25 Å². The zero-order chi connectivity index (χ0) is 12.1. The monoisotopic (exact) mass is 272 g/mol. The minimum Gasteiger partial charge on any atom is -0.465 e. The fraction of sp³-hybridized carbons (Fsp3) is 0.636. The van der Waals surface area contributed by atoms with Crippen LogP contribution < -0.4 is 5.32 Å². The summed E-state index contributed by atoms with van der Waals surface area (Å²) in [4.78, 5) is 14.6. The average molecular weight is 272 g/mol. The highest BCUT2D eigenvalue weighted by Crippen LogP contribution is 2.36. The molecule has 0 bridgehead atoms. The van der Waals surface area contributed by atoms with Crippen molar-refractivity contribution >= 4 is 29.2 Å². The van der Waals surface area contributed by atoms with E-state index in [0.717, 1.165) is 10.3 Å². The summed E-state index contributed by atoms with van der Waals surface area (Å²) >= 11 is 3.49. The van der Waals surface area contributed by atoms with Gasteiger partial charge in [0.15, 0.2) is 0 Å². The van der Waals surface area contributed by atoms with E-state index in [1.54, 1.807) is 11.3 Å². The number of amides is 1. The number of nitrogens with zero attached hydrogens (tertiary/aromatic N) is 1. The molecule has 1 heterocycles. The molecule has 6 heteroatoms. The van der Waals surface area contributed by atoms with E-state index in [-0.39, 0.29) is 0 Å². The van der Waals surface area contributed by atoms with Crippen LogP contribution in [-0.2, 0) is 6.54 Å². The van der Waals surface area contributed by atoms with Gasteiger partial charge in [0.2, 0.25) is 0 Å². The maximum atomic E-state index is 10.4. The van der Waals surface area contributed by atoms with Crippen molar-refractivity contribution in [3.05, 3.63) is 11.2 Å². The Morgan fingerprint density at radius 3 is 3.00 bits per heavy atom. The molecule has 0 saturated heterocycles. The third-order valence-corrected chi connectivity index (χ3v) is 5.23. The van der Waals surface area contributed by atoms with Crippen LogP contribution in [0.25, 0.3) is 0 Å². The van der Waals surface area contributed by atoms with Crippen molar-refractivity contribution in [2.45, 2.75) is 48.1 Å². The first-order valence-electron chi connectivity index (χ1n) is 5.82. The van der Waals surface area contributed by atoms with Gasteiger partial charge in [0.1, 0.15) is 5.01 Å². The van der Waals surface area contributed by atoms with Crippen LogP contribution in [0.3, 0.4) is 0 Å². The molecule has 1 saturated carbocycles. The number of rotatable bonds is 4. The zero-order valence-corrected chi connectivity index (χ0v) is 11.1. The number of thiazole rings is 1. The van der Waals surface area contributed by atoms with Gasteiger partial charge in [-0.05, 0) is 12.8 Å². The van der Waals surface area contributed by atoms with Crippen molar-refractivity contribution in [3.63, 3.8) is 0 Å². The normalized spacial score (nSPS) is 16.9. The molecule has 94 valence electrons. The quantitative estimate of drug-likeness (QED) is 0.882. The van der Waals surface area contributed by atoms with Crippen molar-refractivity contribution < 1.29 is 9.90 Å². The summed E-state index contributed by atoms with van der Waals surface area (Å²) < 4.78 is 1.21. The molecule has 0 unspecified atom stereocenters. The summed E-state index contributed by atoms with van der Waals surface area (Å²) in [5.74, 6) is 0. The minimum absolute atomic E-state index is 0.311. The lowest BCUT2D eigenvalue weighted by Crippen LogP contribution is -2.19. The number of thioether (sulfide) groups is 1. The molecule has 1 fully saturated rings. The van der Waals surface area contributed by atoms with Crippen LogP contribution in [0.5, 0.6) is 0 Å². The van der Waals surface area contributed by atoms with Crippen LogP contribution in [0.1, 0.15) is 37.1 Å². The molecule has 0 radical (unpaired) electrons. The molecule has 2 rings (SSSR count). The molecule has 0 aliphatic heterocycles. The molecule has 1 aliphatic carbocycles. The summed E-state index contributed by atoms with van der Waals surface area (Å²) in [7, 11) is 0. The molecule has 2 N–H and O–H groups in total. The lowest BCUT2D eigenvalue weighted by molar-refractivity contribution is 0.194.